The highest BCUT2D eigenvalue weighted by Crippen LogP contribution is 2.20. The van der Waals surface area contributed by atoms with Gasteiger partial charge in [0.1, 0.15) is 0 Å². The molecule has 6 heteroatoms. The van der Waals surface area contributed by atoms with Crippen LogP contribution in [0, 0.1) is 6.92 Å². The third-order valence-corrected chi connectivity index (χ3v) is 4.69. The first-order chi connectivity index (χ1) is 11.2. The van der Waals surface area contributed by atoms with E-state index in [0.29, 0.717) is 5.25 Å². The number of aryl methyl sites for hydroxylation is 1. The number of anilines is 1. The first kappa shape index (κ1) is 17.7. The summed E-state index contributed by atoms with van der Waals surface area (Å²) >= 11 is 1.73. The second kappa shape index (κ2) is 9.47. The standard InChI is InChI=1S/C17H25N5S/c1-4-14(3)23-17-21-11-15(12-22-17)10-19-7-8-20-16-5-6-18-9-13(16)2/h5-6,9,11-12,14,19H,4,7-8,10H2,1-3H3,(H,18,20). The maximum Gasteiger partial charge on any atom is 0.187 e. The fraction of sp³-hybridized carbons (Fsp3) is 0.471. The third kappa shape index (κ3) is 6.15. The summed E-state index contributed by atoms with van der Waals surface area (Å²) in [5, 5.41) is 8.21. The minimum absolute atomic E-state index is 0.557. The van der Waals surface area contributed by atoms with Gasteiger partial charge in [-0.3, -0.25) is 4.98 Å². The Morgan fingerprint density at radius 1 is 1.17 bits per heavy atom. The van der Waals surface area contributed by atoms with Gasteiger partial charge >= 0.3 is 0 Å². The van der Waals surface area contributed by atoms with Crippen LogP contribution < -0.4 is 10.6 Å². The fourth-order valence-corrected chi connectivity index (χ4v) is 2.70. The molecule has 2 aromatic heterocycles. The van der Waals surface area contributed by atoms with E-state index in [9.17, 15) is 0 Å². The topological polar surface area (TPSA) is 62.7 Å². The average molecular weight is 331 g/mol. The molecule has 0 saturated heterocycles. The summed E-state index contributed by atoms with van der Waals surface area (Å²) in [6.45, 7) is 8.96. The quantitative estimate of drug-likeness (QED) is 0.418. The first-order valence-electron chi connectivity index (χ1n) is 8.01. The van der Waals surface area contributed by atoms with Crippen molar-refractivity contribution in [2.45, 2.75) is 44.1 Å². The molecule has 124 valence electrons. The average Bonchev–Trinajstić information content (AvgIpc) is 2.57. The second-order valence-electron chi connectivity index (χ2n) is 5.50. The summed E-state index contributed by atoms with van der Waals surface area (Å²) in [4.78, 5) is 12.9. The smallest absolute Gasteiger partial charge is 0.187 e. The summed E-state index contributed by atoms with van der Waals surface area (Å²) in [6.07, 6.45) is 8.61. The van der Waals surface area contributed by atoms with Gasteiger partial charge in [-0.15, -0.1) is 0 Å². The lowest BCUT2D eigenvalue weighted by atomic mass is 10.2. The molecule has 0 aromatic carbocycles. The van der Waals surface area contributed by atoms with Gasteiger partial charge in [-0.1, -0.05) is 25.6 Å². The van der Waals surface area contributed by atoms with Crippen molar-refractivity contribution in [2.75, 3.05) is 18.4 Å². The maximum absolute atomic E-state index is 4.41. The molecule has 0 radical (unpaired) electrons. The van der Waals surface area contributed by atoms with Crippen molar-refractivity contribution in [3.8, 4) is 0 Å². The number of thioether (sulfide) groups is 1. The first-order valence-corrected chi connectivity index (χ1v) is 8.89. The summed E-state index contributed by atoms with van der Waals surface area (Å²) in [5.74, 6) is 0. The number of hydrogen-bond acceptors (Lipinski definition) is 6. The molecular weight excluding hydrogens is 306 g/mol. The fourth-order valence-electron chi connectivity index (χ4n) is 1.95. The predicted octanol–water partition coefficient (Wildman–Crippen LogP) is 3.27. The maximum atomic E-state index is 4.41. The van der Waals surface area contributed by atoms with Crippen molar-refractivity contribution >= 4 is 17.4 Å². The van der Waals surface area contributed by atoms with Gasteiger partial charge in [0.05, 0.1) is 0 Å². The van der Waals surface area contributed by atoms with Gasteiger partial charge in [-0.2, -0.15) is 0 Å². The van der Waals surface area contributed by atoms with Crippen LogP contribution in [0.5, 0.6) is 0 Å². The normalized spacial score (nSPS) is 12.1. The van der Waals surface area contributed by atoms with Crippen LogP contribution in [0.3, 0.4) is 0 Å². The van der Waals surface area contributed by atoms with E-state index in [2.05, 4.69) is 46.4 Å². The molecule has 2 rings (SSSR count). The van der Waals surface area contributed by atoms with E-state index in [-0.39, 0.29) is 0 Å². The van der Waals surface area contributed by atoms with E-state index in [1.54, 1.807) is 18.0 Å². The Balaban J connectivity index is 1.67. The molecule has 1 atom stereocenters. The monoisotopic (exact) mass is 331 g/mol. The molecule has 2 N–H and O–H groups in total. The van der Waals surface area contributed by atoms with Crippen molar-refractivity contribution in [1.82, 2.24) is 20.3 Å². The molecule has 0 amide bonds. The van der Waals surface area contributed by atoms with Crippen LogP contribution in [-0.2, 0) is 6.54 Å². The Morgan fingerprint density at radius 3 is 2.65 bits per heavy atom. The number of nitrogens with one attached hydrogen (secondary N) is 2. The summed E-state index contributed by atoms with van der Waals surface area (Å²) < 4.78 is 0. The van der Waals surface area contributed by atoms with Crippen molar-refractivity contribution < 1.29 is 0 Å². The second-order valence-corrected chi connectivity index (χ2v) is 6.91. The van der Waals surface area contributed by atoms with Crippen molar-refractivity contribution in [2.24, 2.45) is 0 Å². The Morgan fingerprint density at radius 2 is 1.96 bits per heavy atom. The molecule has 5 nitrogen and oxygen atoms in total. The molecule has 0 spiro atoms. The van der Waals surface area contributed by atoms with E-state index in [1.165, 1.54) is 0 Å². The van der Waals surface area contributed by atoms with Gasteiger partial charge in [0.2, 0.25) is 0 Å². The SMILES string of the molecule is CCC(C)Sc1ncc(CNCCNc2ccncc2C)cn1. The zero-order valence-corrected chi connectivity index (χ0v) is 14.9. The lowest BCUT2D eigenvalue weighted by molar-refractivity contribution is 0.698. The van der Waals surface area contributed by atoms with E-state index in [1.807, 2.05) is 24.7 Å². The summed E-state index contributed by atoms with van der Waals surface area (Å²) in [5.41, 5.74) is 3.41. The molecule has 0 aliphatic rings. The number of aromatic nitrogens is 3. The predicted molar refractivity (Wildman–Crippen MR) is 96.8 cm³/mol. The van der Waals surface area contributed by atoms with Crippen molar-refractivity contribution in [3.63, 3.8) is 0 Å². The van der Waals surface area contributed by atoms with Crippen LogP contribution in [0.15, 0.2) is 36.0 Å². The van der Waals surface area contributed by atoms with Crippen LogP contribution in [0.1, 0.15) is 31.4 Å². The highest BCUT2D eigenvalue weighted by atomic mass is 32.2. The summed E-state index contributed by atoms with van der Waals surface area (Å²) in [7, 11) is 0. The van der Waals surface area contributed by atoms with E-state index in [4.69, 9.17) is 0 Å². The number of hydrogen-bond donors (Lipinski definition) is 2. The van der Waals surface area contributed by atoms with Gasteiger partial charge in [0.25, 0.3) is 0 Å². The molecule has 2 aromatic rings. The van der Waals surface area contributed by atoms with Gasteiger partial charge < -0.3 is 10.6 Å². The lowest BCUT2D eigenvalue weighted by Gasteiger charge is -2.10. The van der Waals surface area contributed by atoms with E-state index in [0.717, 1.165) is 48.0 Å². The van der Waals surface area contributed by atoms with Gasteiger partial charge in [0, 0.05) is 60.9 Å². The number of pyridine rings is 1. The molecule has 0 fully saturated rings. The third-order valence-electron chi connectivity index (χ3n) is 3.53. The largest absolute Gasteiger partial charge is 0.383 e. The van der Waals surface area contributed by atoms with E-state index >= 15 is 0 Å². The Kier molecular flexibility index (Phi) is 7.29. The van der Waals surface area contributed by atoms with Gasteiger partial charge in [0.15, 0.2) is 5.16 Å². The lowest BCUT2D eigenvalue weighted by Crippen LogP contribution is -2.22. The zero-order valence-electron chi connectivity index (χ0n) is 14.0. The highest BCUT2D eigenvalue weighted by Gasteiger charge is 2.04. The summed E-state index contributed by atoms with van der Waals surface area (Å²) in [6, 6.07) is 2.00. The molecule has 2 heterocycles. The molecule has 0 aliphatic carbocycles. The number of nitrogens with zero attached hydrogens (tertiary/aromatic N) is 3. The molecule has 23 heavy (non-hydrogen) atoms. The van der Waals surface area contributed by atoms with E-state index < -0.39 is 0 Å². The van der Waals surface area contributed by atoms with Crippen LogP contribution >= 0.6 is 11.8 Å². The highest BCUT2D eigenvalue weighted by molar-refractivity contribution is 7.99. The molecule has 0 saturated carbocycles. The Labute approximate surface area is 142 Å². The van der Waals surface area contributed by atoms with Crippen molar-refractivity contribution in [3.05, 3.63) is 42.0 Å². The van der Waals surface area contributed by atoms with Crippen LogP contribution in [0.2, 0.25) is 0 Å². The molecule has 0 aliphatic heterocycles. The Bertz CT molecular complexity index is 588. The van der Waals surface area contributed by atoms with Gasteiger partial charge in [-0.05, 0) is 25.0 Å². The van der Waals surface area contributed by atoms with Crippen LogP contribution in [-0.4, -0.2) is 33.3 Å². The van der Waals surface area contributed by atoms with Gasteiger partial charge in [-0.25, -0.2) is 9.97 Å². The minimum Gasteiger partial charge on any atom is -0.383 e. The van der Waals surface area contributed by atoms with Crippen LogP contribution in [0.25, 0.3) is 0 Å². The number of rotatable bonds is 9. The Hall–Kier alpha value is -1.66. The molecular formula is C17H25N5S. The minimum atomic E-state index is 0.557. The zero-order chi connectivity index (χ0) is 16.5. The molecule has 0 bridgehead atoms. The van der Waals surface area contributed by atoms with Crippen molar-refractivity contribution in [1.29, 1.82) is 0 Å². The molecule has 1 unspecified atom stereocenters. The van der Waals surface area contributed by atoms with Crippen LogP contribution in [0.4, 0.5) is 5.69 Å².